The Labute approximate surface area is 127 Å². The van der Waals surface area contributed by atoms with Crippen LogP contribution in [0, 0.1) is 5.92 Å². The first-order valence-corrected chi connectivity index (χ1v) is 7.19. The molecule has 2 aromatic carbocycles. The maximum atomic E-state index is 12.6. The van der Waals surface area contributed by atoms with E-state index in [4.69, 9.17) is 4.74 Å². The Morgan fingerprint density at radius 2 is 1.95 bits per heavy atom. The average Bonchev–Trinajstić information content (AvgIpc) is 2.93. The van der Waals surface area contributed by atoms with Crippen LogP contribution in [-0.4, -0.2) is 16.7 Å². The maximum absolute atomic E-state index is 12.6. The number of aliphatic hydroxyl groups excluding tert-OH is 1. The van der Waals surface area contributed by atoms with Gasteiger partial charge in [-0.05, 0) is 28.8 Å². The summed E-state index contributed by atoms with van der Waals surface area (Å²) in [5.41, 5.74) is 2.70. The molecule has 4 heteroatoms. The normalized spacial score (nSPS) is 23.1. The lowest BCUT2D eigenvalue weighted by atomic mass is 9.76. The summed E-state index contributed by atoms with van der Waals surface area (Å²) in [6, 6.07) is 9.14. The second-order valence-corrected chi connectivity index (χ2v) is 5.79. The number of Topliss-reactive ketones (excluding diaryl/α,β-unsaturated/α-hetero) is 2. The van der Waals surface area contributed by atoms with Crippen LogP contribution < -0.4 is 0 Å². The molecule has 0 spiro atoms. The molecule has 110 valence electrons. The second-order valence-electron chi connectivity index (χ2n) is 5.79. The first-order chi connectivity index (χ1) is 10.6. The number of ketones is 2. The van der Waals surface area contributed by atoms with E-state index in [0.29, 0.717) is 10.9 Å². The number of rotatable bonds is 1. The summed E-state index contributed by atoms with van der Waals surface area (Å²) in [6.07, 6.45) is 1.16. The average molecular weight is 294 g/mol. The number of hydrogen-bond acceptors (Lipinski definition) is 4. The summed E-state index contributed by atoms with van der Waals surface area (Å²) in [7, 11) is 0. The van der Waals surface area contributed by atoms with Crippen molar-refractivity contribution in [2.24, 2.45) is 5.92 Å². The fourth-order valence-electron chi connectivity index (χ4n) is 3.50. The van der Waals surface area contributed by atoms with Crippen LogP contribution in [0.1, 0.15) is 34.5 Å². The van der Waals surface area contributed by atoms with Crippen molar-refractivity contribution in [2.45, 2.75) is 19.6 Å². The molecule has 1 heterocycles. The third kappa shape index (κ3) is 1.56. The first kappa shape index (κ1) is 13.2. The molecule has 2 aliphatic rings. The van der Waals surface area contributed by atoms with Crippen molar-refractivity contribution in [3.8, 4) is 0 Å². The van der Waals surface area contributed by atoms with E-state index in [1.807, 2.05) is 31.2 Å². The van der Waals surface area contributed by atoms with Crippen LogP contribution in [0.15, 0.2) is 42.2 Å². The van der Waals surface area contributed by atoms with E-state index < -0.39 is 23.6 Å². The Bertz CT molecular complexity index is 863. The molecule has 0 bridgehead atoms. The number of ether oxygens (including phenoxy) is 1. The molecule has 0 saturated heterocycles. The van der Waals surface area contributed by atoms with E-state index in [-0.39, 0.29) is 6.61 Å². The minimum absolute atomic E-state index is 0.110. The van der Waals surface area contributed by atoms with Gasteiger partial charge in [-0.3, -0.25) is 9.59 Å². The lowest BCUT2D eigenvalue weighted by Crippen LogP contribution is -2.34. The van der Waals surface area contributed by atoms with Gasteiger partial charge >= 0.3 is 0 Å². The van der Waals surface area contributed by atoms with Crippen molar-refractivity contribution in [2.75, 3.05) is 0 Å². The maximum Gasteiger partial charge on any atom is 0.230 e. The molecule has 1 aliphatic heterocycles. The van der Waals surface area contributed by atoms with Crippen molar-refractivity contribution in [3.63, 3.8) is 0 Å². The Morgan fingerprint density at radius 3 is 2.73 bits per heavy atom. The van der Waals surface area contributed by atoms with E-state index in [0.717, 1.165) is 22.1 Å². The molecule has 1 aliphatic carbocycles. The SMILES string of the molecule is CC1=COC2c3ccc4c(CO)cccc4c3C(=O)C(=O)C12. The third-order valence-electron chi connectivity index (χ3n) is 4.59. The Balaban J connectivity index is 2.04. The van der Waals surface area contributed by atoms with E-state index in [9.17, 15) is 14.7 Å². The molecular weight excluding hydrogens is 280 g/mol. The molecule has 0 radical (unpaired) electrons. The van der Waals surface area contributed by atoms with Gasteiger partial charge in [-0.15, -0.1) is 0 Å². The van der Waals surface area contributed by atoms with Gasteiger partial charge in [0, 0.05) is 11.1 Å². The number of carbonyl (C=O) groups excluding carboxylic acids is 2. The summed E-state index contributed by atoms with van der Waals surface area (Å²) in [5.74, 6) is -1.38. The summed E-state index contributed by atoms with van der Waals surface area (Å²) < 4.78 is 5.64. The number of fused-ring (bicyclic) bond motifs is 5. The van der Waals surface area contributed by atoms with Gasteiger partial charge in [0.05, 0.1) is 18.8 Å². The molecule has 0 amide bonds. The van der Waals surface area contributed by atoms with Crippen LogP contribution in [0.5, 0.6) is 0 Å². The summed E-state index contributed by atoms with van der Waals surface area (Å²) in [4.78, 5) is 25.1. The van der Waals surface area contributed by atoms with Crippen molar-refractivity contribution in [3.05, 3.63) is 58.9 Å². The molecule has 4 rings (SSSR count). The fraction of sp³-hybridized carbons (Fsp3) is 0.222. The van der Waals surface area contributed by atoms with E-state index in [2.05, 4.69) is 0 Å². The minimum atomic E-state index is -0.501. The molecule has 22 heavy (non-hydrogen) atoms. The molecule has 2 unspecified atom stereocenters. The fourth-order valence-corrected chi connectivity index (χ4v) is 3.50. The highest BCUT2D eigenvalue weighted by atomic mass is 16.5. The molecular formula is C18H14O4. The highest BCUT2D eigenvalue weighted by Gasteiger charge is 2.46. The standard InChI is InChI=1S/C18H14O4/c1-9-8-22-18-13-6-5-11-10(7-19)3-2-4-12(11)15(13)17(21)16(20)14(9)18/h2-6,8,14,18-19H,7H2,1H3. The number of carbonyl (C=O) groups is 2. The quantitative estimate of drug-likeness (QED) is 0.821. The zero-order chi connectivity index (χ0) is 15.4. The van der Waals surface area contributed by atoms with Gasteiger partial charge in [0.2, 0.25) is 11.6 Å². The Morgan fingerprint density at radius 1 is 1.14 bits per heavy atom. The van der Waals surface area contributed by atoms with Crippen LogP contribution in [0.2, 0.25) is 0 Å². The van der Waals surface area contributed by atoms with E-state index in [1.54, 1.807) is 12.3 Å². The van der Waals surface area contributed by atoms with Gasteiger partial charge < -0.3 is 9.84 Å². The van der Waals surface area contributed by atoms with Crippen LogP contribution >= 0.6 is 0 Å². The molecule has 2 aromatic rings. The summed E-state index contributed by atoms with van der Waals surface area (Å²) in [5, 5.41) is 11.0. The second kappa shape index (κ2) is 4.52. The van der Waals surface area contributed by atoms with Gasteiger partial charge in [0.15, 0.2) is 0 Å². The van der Waals surface area contributed by atoms with Crippen LogP contribution in [0.4, 0.5) is 0 Å². The minimum Gasteiger partial charge on any atom is -0.492 e. The van der Waals surface area contributed by atoms with Crippen molar-refractivity contribution < 1.29 is 19.4 Å². The predicted octanol–water partition coefficient (Wildman–Crippen LogP) is 2.69. The van der Waals surface area contributed by atoms with E-state index >= 15 is 0 Å². The molecule has 0 fully saturated rings. The monoisotopic (exact) mass is 294 g/mol. The zero-order valence-corrected chi connectivity index (χ0v) is 12.0. The first-order valence-electron chi connectivity index (χ1n) is 7.19. The third-order valence-corrected chi connectivity index (χ3v) is 4.59. The van der Waals surface area contributed by atoms with Gasteiger partial charge in [0.25, 0.3) is 0 Å². The molecule has 4 nitrogen and oxygen atoms in total. The predicted molar refractivity (Wildman–Crippen MR) is 80.3 cm³/mol. The topological polar surface area (TPSA) is 63.6 Å². The molecule has 0 aromatic heterocycles. The van der Waals surface area contributed by atoms with Gasteiger partial charge in [-0.2, -0.15) is 0 Å². The summed E-state index contributed by atoms with van der Waals surface area (Å²) in [6.45, 7) is 1.70. The van der Waals surface area contributed by atoms with Crippen LogP contribution in [0.25, 0.3) is 10.8 Å². The molecule has 2 atom stereocenters. The highest BCUT2D eigenvalue weighted by Crippen LogP contribution is 2.45. The summed E-state index contributed by atoms with van der Waals surface area (Å²) >= 11 is 0. The lowest BCUT2D eigenvalue weighted by Gasteiger charge is -2.27. The van der Waals surface area contributed by atoms with Gasteiger partial charge in [-0.25, -0.2) is 0 Å². The van der Waals surface area contributed by atoms with Crippen molar-refractivity contribution >= 4 is 22.3 Å². The van der Waals surface area contributed by atoms with Crippen molar-refractivity contribution in [1.82, 2.24) is 0 Å². The van der Waals surface area contributed by atoms with Crippen LogP contribution in [0.3, 0.4) is 0 Å². The molecule has 0 saturated carbocycles. The number of benzene rings is 2. The largest absolute Gasteiger partial charge is 0.492 e. The zero-order valence-electron chi connectivity index (χ0n) is 12.0. The Kier molecular flexibility index (Phi) is 2.71. The van der Waals surface area contributed by atoms with Gasteiger partial charge in [-0.1, -0.05) is 30.3 Å². The number of aliphatic hydroxyl groups is 1. The highest BCUT2D eigenvalue weighted by molar-refractivity contribution is 6.48. The number of hydrogen-bond donors (Lipinski definition) is 1. The van der Waals surface area contributed by atoms with E-state index in [1.165, 1.54) is 0 Å². The lowest BCUT2D eigenvalue weighted by molar-refractivity contribution is -0.120. The van der Waals surface area contributed by atoms with Crippen molar-refractivity contribution in [1.29, 1.82) is 0 Å². The molecule has 1 N–H and O–H groups in total. The van der Waals surface area contributed by atoms with Crippen LogP contribution in [-0.2, 0) is 16.1 Å². The Hall–Kier alpha value is -2.46. The van der Waals surface area contributed by atoms with Gasteiger partial charge in [0.1, 0.15) is 6.10 Å². The smallest absolute Gasteiger partial charge is 0.230 e.